The van der Waals surface area contributed by atoms with Crippen LogP contribution in [-0.4, -0.2) is 66.8 Å². The number of amides is 2. The summed E-state index contributed by atoms with van der Waals surface area (Å²) in [6, 6.07) is 3.42. The number of aromatic nitrogens is 1. The van der Waals surface area contributed by atoms with E-state index in [1.54, 1.807) is 11.1 Å². The van der Waals surface area contributed by atoms with Gasteiger partial charge in [-0.3, -0.25) is 4.79 Å². The van der Waals surface area contributed by atoms with Crippen molar-refractivity contribution in [3.63, 3.8) is 0 Å². The lowest BCUT2D eigenvalue weighted by molar-refractivity contribution is -0.136. The number of likely N-dealkylation sites (tertiary alicyclic amines) is 1. The molecule has 0 saturated carbocycles. The van der Waals surface area contributed by atoms with Crippen LogP contribution >= 0.6 is 0 Å². The van der Waals surface area contributed by atoms with E-state index in [4.69, 9.17) is 9.84 Å². The standard InChI is InChI=1S/C15H22N4O4/c1-18(2)14-12(4-3-7-16-14)23-11-6-9-19(10-11)15(22)17-8-5-13(20)21/h3-4,7,11H,5-6,8-10H2,1-2H3,(H,17,22)(H,20,21). The number of rotatable bonds is 6. The van der Waals surface area contributed by atoms with Crippen LogP contribution in [0.25, 0.3) is 0 Å². The normalized spacial score (nSPS) is 17.0. The van der Waals surface area contributed by atoms with Crippen LogP contribution < -0.4 is 15.0 Å². The molecule has 2 N–H and O–H groups in total. The Labute approximate surface area is 135 Å². The van der Waals surface area contributed by atoms with Crippen molar-refractivity contribution >= 4 is 17.8 Å². The molecule has 1 aromatic heterocycles. The fourth-order valence-electron chi connectivity index (χ4n) is 2.39. The summed E-state index contributed by atoms with van der Waals surface area (Å²) in [5, 5.41) is 11.2. The second-order valence-corrected chi connectivity index (χ2v) is 5.57. The summed E-state index contributed by atoms with van der Waals surface area (Å²) in [6.07, 6.45) is 2.26. The molecule has 1 atom stereocenters. The Kier molecular flexibility index (Phi) is 5.61. The zero-order valence-electron chi connectivity index (χ0n) is 13.4. The van der Waals surface area contributed by atoms with E-state index < -0.39 is 5.97 Å². The van der Waals surface area contributed by atoms with E-state index in [1.165, 1.54) is 0 Å². The molecule has 0 bridgehead atoms. The molecule has 1 fully saturated rings. The van der Waals surface area contributed by atoms with E-state index >= 15 is 0 Å². The molecule has 1 aliphatic heterocycles. The minimum absolute atomic E-state index is 0.0820. The van der Waals surface area contributed by atoms with Gasteiger partial charge in [0.15, 0.2) is 11.6 Å². The number of aliphatic carboxylic acids is 1. The van der Waals surface area contributed by atoms with Crippen LogP contribution in [0.1, 0.15) is 12.8 Å². The number of carboxylic acid groups (broad SMARTS) is 1. The van der Waals surface area contributed by atoms with Gasteiger partial charge in [0.1, 0.15) is 6.10 Å². The summed E-state index contributed by atoms with van der Waals surface area (Å²) in [6.45, 7) is 1.19. The largest absolute Gasteiger partial charge is 0.485 e. The second-order valence-electron chi connectivity index (χ2n) is 5.57. The molecule has 23 heavy (non-hydrogen) atoms. The highest BCUT2D eigenvalue weighted by Gasteiger charge is 2.28. The maximum absolute atomic E-state index is 11.9. The Balaban J connectivity index is 1.86. The van der Waals surface area contributed by atoms with Crippen molar-refractivity contribution in [1.82, 2.24) is 15.2 Å². The maximum Gasteiger partial charge on any atom is 0.317 e. The van der Waals surface area contributed by atoms with Gasteiger partial charge in [-0.25, -0.2) is 9.78 Å². The molecule has 0 aliphatic carbocycles. The van der Waals surface area contributed by atoms with E-state index in [9.17, 15) is 9.59 Å². The van der Waals surface area contributed by atoms with Crippen LogP contribution in [0, 0.1) is 0 Å². The molecule has 1 aliphatic rings. The number of carbonyl (C=O) groups excluding carboxylic acids is 1. The molecule has 126 valence electrons. The van der Waals surface area contributed by atoms with Gasteiger partial charge in [0, 0.05) is 39.8 Å². The maximum atomic E-state index is 11.9. The highest BCUT2D eigenvalue weighted by atomic mass is 16.5. The zero-order valence-corrected chi connectivity index (χ0v) is 13.4. The van der Waals surface area contributed by atoms with E-state index in [0.29, 0.717) is 18.8 Å². The third kappa shape index (κ3) is 4.73. The smallest absolute Gasteiger partial charge is 0.317 e. The predicted molar refractivity (Wildman–Crippen MR) is 84.8 cm³/mol. The Morgan fingerprint density at radius 1 is 1.52 bits per heavy atom. The monoisotopic (exact) mass is 322 g/mol. The van der Waals surface area contributed by atoms with Gasteiger partial charge in [-0.15, -0.1) is 0 Å². The van der Waals surface area contributed by atoms with Gasteiger partial charge in [-0.05, 0) is 12.1 Å². The number of carbonyl (C=O) groups is 2. The van der Waals surface area contributed by atoms with Crippen molar-refractivity contribution in [2.75, 3.05) is 38.6 Å². The minimum atomic E-state index is -0.930. The molecule has 1 aromatic rings. The molecule has 2 rings (SSSR count). The second kappa shape index (κ2) is 7.66. The van der Waals surface area contributed by atoms with Gasteiger partial charge in [-0.1, -0.05) is 0 Å². The molecule has 0 aromatic carbocycles. The van der Waals surface area contributed by atoms with Gasteiger partial charge in [-0.2, -0.15) is 0 Å². The number of anilines is 1. The van der Waals surface area contributed by atoms with Crippen LogP contribution in [0.5, 0.6) is 5.75 Å². The quantitative estimate of drug-likeness (QED) is 0.804. The highest BCUT2D eigenvalue weighted by molar-refractivity contribution is 5.75. The number of urea groups is 1. The van der Waals surface area contributed by atoms with Crippen molar-refractivity contribution in [3.05, 3.63) is 18.3 Å². The molecule has 8 nitrogen and oxygen atoms in total. The van der Waals surface area contributed by atoms with Crippen LogP contribution in [0.3, 0.4) is 0 Å². The average Bonchev–Trinajstić information content (AvgIpc) is 2.95. The molecule has 2 heterocycles. The summed E-state index contributed by atoms with van der Waals surface area (Å²) in [7, 11) is 3.79. The topological polar surface area (TPSA) is 95.0 Å². The van der Waals surface area contributed by atoms with Crippen LogP contribution in [0.4, 0.5) is 10.6 Å². The number of hydrogen-bond acceptors (Lipinski definition) is 5. The van der Waals surface area contributed by atoms with E-state index in [1.807, 2.05) is 31.1 Å². The third-order valence-electron chi connectivity index (χ3n) is 3.52. The first kappa shape index (κ1) is 16.9. The van der Waals surface area contributed by atoms with Gasteiger partial charge < -0.3 is 25.0 Å². The van der Waals surface area contributed by atoms with Crippen molar-refractivity contribution < 1.29 is 19.4 Å². The number of ether oxygens (including phenoxy) is 1. The summed E-state index contributed by atoms with van der Waals surface area (Å²) in [5.74, 6) is 0.508. The Morgan fingerprint density at radius 2 is 2.30 bits per heavy atom. The SMILES string of the molecule is CN(C)c1ncccc1OC1CCN(C(=O)NCCC(=O)O)C1. The number of nitrogens with zero attached hydrogens (tertiary/aromatic N) is 3. The predicted octanol–water partition coefficient (Wildman–Crippen LogP) is 0.785. The molecule has 0 radical (unpaired) electrons. The summed E-state index contributed by atoms with van der Waals surface area (Å²) < 4.78 is 5.97. The van der Waals surface area contributed by atoms with Crippen molar-refractivity contribution in [1.29, 1.82) is 0 Å². The van der Waals surface area contributed by atoms with E-state index in [0.717, 1.165) is 12.2 Å². The number of pyridine rings is 1. The van der Waals surface area contributed by atoms with E-state index in [-0.39, 0.29) is 25.1 Å². The summed E-state index contributed by atoms with van der Waals surface area (Å²) in [5.41, 5.74) is 0. The Bertz CT molecular complexity index is 564. The minimum Gasteiger partial charge on any atom is -0.485 e. The van der Waals surface area contributed by atoms with Crippen LogP contribution in [0.15, 0.2) is 18.3 Å². The van der Waals surface area contributed by atoms with Crippen molar-refractivity contribution in [3.8, 4) is 5.75 Å². The van der Waals surface area contributed by atoms with E-state index in [2.05, 4.69) is 10.3 Å². The summed E-state index contributed by atoms with van der Waals surface area (Å²) >= 11 is 0. The number of carboxylic acids is 1. The molecular weight excluding hydrogens is 300 g/mol. The van der Waals surface area contributed by atoms with Gasteiger partial charge >= 0.3 is 12.0 Å². The molecular formula is C15H22N4O4. The lowest BCUT2D eigenvalue weighted by Crippen LogP contribution is -2.40. The molecule has 2 amide bonds. The average molecular weight is 322 g/mol. The molecule has 0 spiro atoms. The zero-order chi connectivity index (χ0) is 16.8. The molecule has 1 unspecified atom stereocenters. The first-order valence-corrected chi connectivity index (χ1v) is 7.51. The number of hydrogen-bond donors (Lipinski definition) is 2. The first-order chi connectivity index (χ1) is 11.0. The fourth-order valence-corrected chi connectivity index (χ4v) is 2.39. The third-order valence-corrected chi connectivity index (χ3v) is 3.52. The Morgan fingerprint density at radius 3 is 3.00 bits per heavy atom. The van der Waals surface area contributed by atoms with Gasteiger partial charge in [0.25, 0.3) is 0 Å². The Hall–Kier alpha value is -2.51. The fraction of sp³-hybridized carbons (Fsp3) is 0.533. The van der Waals surface area contributed by atoms with Crippen molar-refractivity contribution in [2.24, 2.45) is 0 Å². The molecule has 1 saturated heterocycles. The highest BCUT2D eigenvalue weighted by Crippen LogP contribution is 2.26. The number of nitrogens with one attached hydrogen (secondary N) is 1. The van der Waals surface area contributed by atoms with Gasteiger partial charge in [0.05, 0.1) is 13.0 Å². The lowest BCUT2D eigenvalue weighted by Gasteiger charge is -2.20. The van der Waals surface area contributed by atoms with Crippen LogP contribution in [-0.2, 0) is 4.79 Å². The van der Waals surface area contributed by atoms with Gasteiger partial charge in [0.2, 0.25) is 0 Å². The van der Waals surface area contributed by atoms with Crippen LogP contribution in [0.2, 0.25) is 0 Å². The van der Waals surface area contributed by atoms with Crippen molar-refractivity contribution in [2.45, 2.75) is 18.9 Å². The first-order valence-electron chi connectivity index (χ1n) is 7.51. The lowest BCUT2D eigenvalue weighted by atomic mass is 10.3. The molecule has 8 heteroatoms. The summed E-state index contributed by atoms with van der Waals surface area (Å²) in [4.78, 5) is 30.2.